The first-order valence-electron chi connectivity index (χ1n) is 8.15. The van der Waals surface area contributed by atoms with Crippen LogP contribution in [0.3, 0.4) is 0 Å². The molecule has 1 aliphatic rings. The van der Waals surface area contributed by atoms with Crippen molar-refractivity contribution in [1.82, 2.24) is 9.78 Å². The van der Waals surface area contributed by atoms with Crippen molar-refractivity contribution in [3.05, 3.63) is 39.6 Å². The molecule has 0 radical (unpaired) electrons. The van der Waals surface area contributed by atoms with Crippen molar-refractivity contribution >= 4 is 39.1 Å². The Morgan fingerprint density at radius 3 is 2.64 bits per heavy atom. The maximum Gasteiger partial charge on any atom is 0.229 e. The van der Waals surface area contributed by atoms with Crippen molar-refractivity contribution in [2.24, 2.45) is 13.0 Å². The van der Waals surface area contributed by atoms with Gasteiger partial charge in [0.25, 0.3) is 0 Å². The van der Waals surface area contributed by atoms with Crippen molar-refractivity contribution in [3.63, 3.8) is 0 Å². The zero-order valence-electron chi connectivity index (χ0n) is 14.8. The van der Waals surface area contributed by atoms with Crippen molar-refractivity contribution in [2.45, 2.75) is 27.2 Å². The SMILES string of the molecule is Cc1cc(N2C[C@H](C(=O)Nc3c(C)nn(C)c3C)CC2=O)ccc1Br. The first-order chi connectivity index (χ1) is 11.8. The second-order valence-electron chi connectivity index (χ2n) is 6.50. The van der Waals surface area contributed by atoms with Gasteiger partial charge in [0.15, 0.2) is 0 Å². The third-order valence-electron chi connectivity index (χ3n) is 4.71. The monoisotopic (exact) mass is 404 g/mol. The predicted octanol–water partition coefficient (Wildman–Crippen LogP) is 3.10. The number of anilines is 2. The highest BCUT2D eigenvalue weighted by Crippen LogP contribution is 2.29. The van der Waals surface area contributed by atoms with E-state index in [-0.39, 0.29) is 24.2 Å². The molecule has 1 aromatic heterocycles. The number of nitrogens with zero attached hydrogens (tertiary/aromatic N) is 3. The minimum atomic E-state index is -0.365. The highest BCUT2D eigenvalue weighted by Gasteiger charge is 2.35. The summed E-state index contributed by atoms with van der Waals surface area (Å²) in [5.74, 6) is -0.527. The molecule has 1 aliphatic heterocycles. The lowest BCUT2D eigenvalue weighted by molar-refractivity contribution is -0.122. The van der Waals surface area contributed by atoms with Crippen LogP contribution in [0.25, 0.3) is 0 Å². The quantitative estimate of drug-likeness (QED) is 0.854. The first kappa shape index (κ1) is 17.7. The summed E-state index contributed by atoms with van der Waals surface area (Å²) < 4.78 is 2.74. The molecule has 2 aromatic rings. The van der Waals surface area contributed by atoms with Crippen LogP contribution >= 0.6 is 15.9 Å². The van der Waals surface area contributed by atoms with Gasteiger partial charge < -0.3 is 10.2 Å². The Labute approximate surface area is 155 Å². The minimum Gasteiger partial charge on any atom is -0.323 e. The topological polar surface area (TPSA) is 67.2 Å². The molecule has 2 heterocycles. The number of amides is 2. The Kier molecular flexibility index (Phi) is 4.69. The second-order valence-corrected chi connectivity index (χ2v) is 7.35. The van der Waals surface area contributed by atoms with Crippen LogP contribution < -0.4 is 10.2 Å². The first-order valence-corrected chi connectivity index (χ1v) is 8.94. The molecule has 0 spiro atoms. The molecule has 3 rings (SSSR count). The summed E-state index contributed by atoms with van der Waals surface area (Å²) >= 11 is 3.47. The largest absolute Gasteiger partial charge is 0.323 e. The number of aryl methyl sites for hydroxylation is 3. The van der Waals surface area contributed by atoms with Gasteiger partial charge in [0.05, 0.1) is 23.0 Å². The highest BCUT2D eigenvalue weighted by molar-refractivity contribution is 9.10. The maximum absolute atomic E-state index is 12.6. The van der Waals surface area contributed by atoms with E-state index in [0.29, 0.717) is 6.54 Å². The van der Waals surface area contributed by atoms with Crippen molar-refractivity contribution in [1.29, 1.82) is 0 Å². The molecule has 1 atom stereocenters. The second kappa shape index (κ2) is 6.63. The van der Waals surface area contributed by atoms with E-state index in [1.54, 1.807) is 9.58 Å². The third-order valence-corrected chi connectivity index (χ3v) is 5.60. The number of benzene rings is 1. The van der Waals surface area contributed by atoms with Gasteiger partial charge in [-0.25, -0.2) is 0 Å². The number of rotatable bonds is 3. The molecule has 1 fully saturated rings. The van der Waals surface area contributed by atoms with Gasteiger partial charge in [0.1, 0.15) is 0 Å². The summed E-state index contributed by atoms with van der Waals surface area (Å²) in [5.41, 5.74) is 4.29. The molecule has 1 saturated heterocycles. The number of halogens is 1. The van der Waals surface area contributed by atoms with Crippen LogP contribution in [0, 0.1) is 26.7 Å². The summed E-state index contributed by atoms with van der Waals surface area (Å²) in [5, 5.41) is 7.25. The van der Waals surface area contributed by atoms with Gasteiger partial charge in [-0.05, 0) is 44.5 Å². The molecule has 1 aromatic carbocycles. The lowest BCUT2D eigenvalue weighted by atomic mass is 10.1. The van der Waals surface area contributed by atoms with E-state index >= 15 is 0 Å². The Morgan fingerprint density at radius 2 is 2.04 bits per heavy atom. The molecule has 0 aliphatic carbocycles. The van der Waals surface area contributed by atoms with E-state index in [2.05, 4.69) is 26.3 Å². The van der Waals surface area contributed by atoms with E-state index in [4.69, 9.17) is 0 Å². The zero-order chi connectivity index (χ0) is 18.3. The Balaban J connectivity index is 1.75. The van der Waals surface area contributed by atoms with Gasteiger partial charge >= 0.3 is 0 Å². The van der Waals surface area contributed by atoms with Crippen LogP contribution in [0.2, 0.25) is 0 Å². The number of aromatic nitrogens is 2. The molecular weight excluding hydrogens is 384 g/mol. The van der Waals surface area contributed by atoms with Crippen LogP contribution in [-0.2, 0) is 16.6 Å². The number of carbonyl (C=O) groups excluding carboxylic acids is 2. The Hall–Kier alpha value is -2.15. The van der Waals surface area contributed by atoms with E-state index < -0.39 is 0 Å². The predicted molar refractivity (Wildman–Crippen MR) is 101 cm³/mol. The van der Waals surface area contributed by atoms with Gasteiger partial charge in [-0.15, -0.1) is 0 Å². The lowest BCUT2D eigenvalue weighted by Gasteiger charge is -2.18. The lowest BCUT2D eigenvalue weighted by Crippen LogP contribution is -2.28. The normalized spacial score (nSPS) is 17.2. The number of nitrogens with one attached hydrogen (secondary N) is 1. The van der Waals surface area contributed by atoms with Gasteiger partial charge in [0.2, 0.25) is 11.8 Å². The zero-order valence-corrected chi connectivity index (χ0v) is 16.3. The van der Waals surface area contributed by atoms with Gasteiger partial charge in [-0.2, -0.15) is 5.10 Å². The summed E-state index contributed by atoms with van der Waals surface area (Å²) in [6.45, 7) is 6.14. The van der Waals surface area contributed by atoms with Crippen molar-refractivity contribution < 1.29 is 9.59 Å². The van der Waals surface area contributed by atoms with E-state index in [0.717, 1.165) is 32.8 Å². The molecule has 2 amide bonds. The molecular formula is C18H21BrN4O2. The van der Waals surface area contributed by atoms with Crippen molar-refractivity contribution in [2.75, 3.05) is 16.8 Å². The van der Waals surface area contributed by atoms with Gasteiger partial charge in [0, 0.05) is 30.2 Å². The standard InChI is InChI=1S/C18H21BrN4O2/c1-10-7-14(5-6-15(10)19)23-9-13(8-16(23)24)18(25)20-17-11(2)21-22(4)12(17)3/h5-7,13H,8-9H2,1-4H3,(H,20,25)/t13-/m1/s1. The maximum atomic E-state index is 12.6. The summed E-state index contributed by atoms with van der Waals surface area (Å²) in [6, 6.07) is 5.77. The molecule has 0 bridgehead atoms. The minimum absolute atomic E-state index is 0.0264. The summed E-state index contributed by atoms with van der Waals surface area (Å²) in [7, 11) is 1.84. The Morgan fingerprint density at radius 1 is 1.32 bits per heavy atom. The highest BCUT2D eigenvalue weighted by atomic mass is 79.9. The molecule has 0 saturated carbocycles. The average Bonchev–Trinajstić information content (AvgIpc) is 3.05. The van der Waals surface area contributed by atoms with Gasteiger partial charge in [-0.1, -0.05) is 15.9 Å². The molecule has 6 nitrogen and oxygen atoms in total. The molecule has 1 N–H and O–H groups in total. The summed E-state index contributed by atoms with van der Waals surface area (Å²) in [4.78, 5) is 26.7. The van der Waals surface area contributed by atoms with Gasteiger partial charge in [-0.3, -0.25) is 14.3 Å². The molecule has 7 heteroatoms. The number of hydrogen-bond donors (Lipinski definition) is 1. The molecule has 25 heavy (non-hydrogen) atoms. The van der Waals surface area contributed by atoms with Crippen LogP contribution in [0.1, 0.15) is 23.4 Å². The number of carbonyl (C=O) groups is 2. The third kappa shape index (κ3) is 3.33. The van der Waals surface area contributed by atoms with Crippen LogP contribution in [0.15, 0.2) is 22.7 Å². The average molecular weight is 405 g/mol. The van der Waals surface area contributed by atoms with E-state index in [1.807, 2.05) is 46.0 Å². The van der Waals surface area contributed by atoms with E-state index in [9.17, 15) is 9.59 Å². The fourth-order valence-corrected chi connectivity index (χ4v) is 3.36. The molecule has 132 valence electrons. The molecule has 0 unspecified atom stereocenters. The fourth-order valence-electron chi connectivity index (χ4n) is 3.11. The Bertz CT molecular complexity index is 859. The summed E-state index contributed by atoms with van der Waals surface area (Å²) in [6.07, 6.45) is 0.222. The van der Waals surface area contributed by atoms with Crippen LogP contribution in [-0.4, -0.2) is 28.1 Å². The van der Waals surface area contributed by atoms with Crippen LogP contribution in [0.4, 0.5) is 11.4 Å². The fraction of sp³-hybridized carbons (Fsp3) is 0.389. The smallest absolute Gasteiger partial charge is 0.229 e. The van der Waals surface area contributed by atoms with Crippen molar-refractivity contribution in [3.8, 4) is 0 Å². The number of hydrogen-bond acceptors (Lipinski definition) is 3. The van der Waals surface area contributed by atoms with E-state index in [1.165, 1.54) is 0 Å². The van der Waals surface area contributed by atoms with Crippen LogP contribution in [0.5, 0.6) is 0 Å².